The van der Waals surface area contributed by atoms with Gasteiger partial charge in [0.1, 0.15) is 23.3 Å². The zero-order valence-corrected chi connectivity index (χ0v) is 20.8. The summed E-state index contributed by atoms with van der Waals surface area (Å²) < 4.78 is 78.8. The average molecular weight is 518 g/mol. The molecule has 34 heavy (non-hydrogen) atoms. The average Bonchev–Trinajstić information content (AvgIpc) is 2.84. The molecular formula is C24H18F4O3PSi2+. The summed E-state index contributed by atoms with van der Waals surface area (Å²) in [6.45, 7) is 0. The Morgan fingerprint density at radius 1 is 0.441 bits per heavy atom. The van der Waals surface area contributed by atoms with E-state index in [1.165, 1.54) is 97.1 Å². The van der Waals surface area contributed by atoms with Gasteiger partial charge in [-0.1, -0.05) is 48.5 Å². The van der Waals surface area contributed by atoms with Gasteiger partial charge in [0.05, 0.1) is 0 Å². The molecule has 0 heterocycles. The summed E-state index contributed by atoms with van der Waals surface area (Å²) in [6, 6.07) is 22.4. The summed E-state index contributed by atoms with van der Waals surface area (Å²) in [5.74, 6) is -1.74. The third kappa shape index (κ3) is 6.13. The van der Waals surface area contributed by atoms with E-state index in [4.69, 9.17) is 8.43 Å². The predicted molar refractivity (Wildman–Crippen MR) is 128 cm³/mol. The van der Waals surface area contributed by atoms with Crippen LogP contribution in [0.2, 0.25) is 0 Å². The van der Waals surface area contributed by atoms with E-state index >= 15 is 0 Å². The third-order valence-corrected chi connectivity index (χ3v) is 12.1. The van der Waals surface area contributed by atoms with Crippen LogP contribution in [0.5, 0.6) is 0 Å². The minimum atomic E-state index is -2.69. The number of halogens is 4. The Balaban J connectivity index is 1.63. The van der Waals surface area contributed by atoms with Crippen molar-refractivity contribution in [3.8, 4) is 0 Å². The van der Waals surface area contributed by atoms with E-state index in [1.807, 2.05) is 0 Å². The maximum absolute atomic E-state index is 13.5. The van der Waals surface area contributed by atoms with Gasteiger partial charge in [-0.15, -0.1) is 0 Å². The fourth-order valence-corrected chi connectivity index (χ4v) is 10.3. The van der Waals surface area contributed by atoms with Crippen LogP contribution in [-0.2, 0) is 13.0 Å². The van der Waals surface area contributed by atoms with E-state index < -0.39 is 49.6 Å². The van der Waals surface area contributed by atoms with E-state index in [1.54, 1.807) is 0 Å². The number of hydrogen-bond acceptors (Lipinski definition) is 3. The summed E-state index contributed by atoms with van der Waals surface area (Å²) in [5.41, 5.74) is 0. The highest BCUT2D eigenvalue weighted by atomic mass is 31.1. The van der Waals surface area contributed by atoms with Gasteiger partial charge in [-0.2, -0.15) is 8.43 Å². The molecule has 10 heteroatoms. The van der Waals surface area contributed by atoms with Crippen molar-refractivity contribution in [1.82, 2.24) is 0 Å². The normalized spacial score (nSPS) is 11.2. The van der Waals surface area contributed by atoms with Crippen molar-refractivity contribution >= 4 is 47.1 Å². The molecule has 0 aliphatic heterocycles. The Kier molecular flexibility index (Phi) is 7.82. The lowest BCUT2D eigenvalue weighted by atomic mass is 10.3. The second-order valence-electron chi connectivity index (χ2n) is 7.40. The number of benzene rings is 4. The molecule has 0 fully saturated rings. The maximum atomic E-state index is 13.5. The van der Waals surface area contributed by atoms with Crippen molar-refractivity contribution in [3.63, 3.8) is 0 Å². The molecule has 3 nitrogen and oxygen atoms in total. The summed E-state index contributed by atoms with van der Waals surface area (Å²) in [4.78, 5) is 0. The van der Waals surface area contributed by atoms with Crippen LogP contribution in [0.15, 0.2) is 97.1 Å². The molecule has 0 bridgehead atoms. The van der Waals surface area contributed by atoms with Crippen molar-refractivity contribution in [2.75, 3.05) is 0 Å². The van der Waals surface area contributed by atoms with Crippen LogP contribution in [0, 0.1) is 23.3 Å². The largest absolute Gasteiger partial charge is 0.674 e. The van der Waals surface area contributed by atoms with Crippen LogP contribution in [-0.4, -0.2) is 18.1 Å². The first-order valence-electron chi connectivity index (χ1n) is 10.2. The van der Waals surface area contributed by atoms with Crippen molar-refractivity contribution in [1.29, 1.82) is 0 Å². The first kappa shape index (κ1) is 24.2. The first-order valence-corrected chi connectivity index (χ1v) is 14.6. The molecule has 4 aromatic rings. The van der Waals surface area contributed by atoms with E-state index in [0.29, 0.717) is 20.7 Å². The van der Waals surface area contributed by atoms with Crippen LogP contribution in [0.1, 0.15) is 0 Å². The van der Waals surface area contributed by atoms with Crippen molar-refractivity contribution in [2.45, 2.75) is 0 Å². The van der Waals surface area contributed by atoms with Gasteiger partial charge in [-0.3, -0.25) is 0 Å². The molecule has 0 saturated carbocycles. The molecule has 0 N–H and O–H groups in total. The zero-order valence-electron chi connectivity index (χ0n) is 17.6. The molecule has 4 aromatic carbocycles. The Labute approximate surface area is 198 Å². The third-order valence-electron chi connectivity index (χ3n) is 5.07. The highest BCUT2D eigenvalue weighted by Crippen LogP contribution is 2.26. The number of hydrogen-bond donors (Lipinski definition) is 0. The molecule has 0 amide bonds. The minimum absolute atomic E-state index is 0.434. The van der Waals surface area contributed by atoms with Crippen molar-refractivity contribution < 1.29 is 30.6 Å². The Bertz CT molecular complexity index is 1070. The fourth-order valence-electron chi connectivity index (χ4n) is 3.38. The van der Waals surface area contributed by atoms with Gasteiger partial charge in [0.25, 0.3) is 0 Å². The van der Waals surface area contributed by atoms with Gasteiger partial charge in [0.2, 0.25) is 0 Å². The van der Waals surface area contributed by atoms with Gasteiger partial charge in [-0.25, -0.2) is 17.6 Å². The second-order valence-corrected chi connectivity index (χ2v) is 13.7. The quantitative estimate of drug-likeness (QED) is 0.205. The molecule has 0 saturated heterocycles. The van der Waals surface area contributed by atoms with Gasteiger partial charge >= 0.3 is 26.3 Å². The van der Waals surface area contributed by atoms with Crippen molar-refractivity contribution in [2.24, 2.45) is 0 Å². The molecule has 0 atom stereocenters. The summed E-state index contributed by atoms with van der Waals surface area (Å²) in [5, 5.41) is 2.51. The van der Waals surface area contributed by atoms with Crippen LogP contribution < -0.4 is 20.7 Å². The van der Waals surface area contributed by atoms with Crippen LogP contribution in [0.25, 0.3) is 0 Å². The lowest BCUT2D eigenvalue weighted by Crippen LogP contribution is -2.46. The molecule has 0 aromatic heterocycles. The summed E-state index contributed by atoms with van der Waals surface area (Å²) >= 11 is 0. The Morgan fingerprint density at radius 2 is 0.647 bits per heavy atom. The van der Waals surface area contributed by atoms with Crippen LogP contribution >= 0.6 is 8.25 Å². The van der Waals surface area contributed by atoms with E-state index in [-0.39, 0.29) is 0 Å². The lowest BCUT2D eigenvalue weighted by molar-refractivity contribution is 0.432. The second kappa shape index (κ2) is 11.0. The smallest absolute Gasteiger partial charge is 0.207 e. The van der Waals surface area contributed by atoms with Gasteiger partial charge in [0.15, 0.2) is 0 Å². The first-order chi connectivity index (χ1) is 16.4. The summed E-state index contributed by atoms with van der Waals surface area (Å²) in [7, 11) is -7.99. The Hall–Kier alpha value is -2.95. The highest BCUT2D eigenvalue weighted by molar-refractivity contribution is 7.38. The van der Waals surface area contributed by atoms with E-state index in [0.717, 1.165) is 0 Å². The lowest BCUT2D eigenvalue weighted by Gasteiger charge is -2.13. The minimum Gasteiger partial charge on any atom is -0.207 e. The van der Waals surface area contributed by atoms with E-state index in [2.05, 4.69) is 0 Å². The monoisotopic (exact) mass is 517 g/mol. The molecule has 0 aliphatic rings. The zero-order chi connectivity index (χ0) is 24.1. The molecule has 4 rings (SSSR count). The highest BCUT2D eigenvalue weighted by Gasteiger charge is 2.37. The van der Waals surface area contributed by atoms with Crippen molar-refractivity contribution in [3.05, 3.63) is 120 Å². The van der Waals surface area contributed by atoms with Crippen LogP contribution in [0.3, 0.4) is 0 Å². The topological polar surface area (TPSA) is 35.5 Å². The molecular weight excluding hydrogens is 499 g/mol. The molecule has 0 aliphatic carbocycles. The van der Waals surface area contributed by atoms with Gasteiger partial charge in [-0.05, 0) is 69.3 Å². The fraction of sp³-hybridized carbons (Fsp3) is 0. The van der Waals surface area contributed by atoms with Gasteiger partial charge in [0, 0.05) is 4.57 Å². The molecule has 0 unspecified atom stereocenters. The molecule has 172 valence electrons. The SMILES string of the molecule is O=[P+](O[SiH](c1ccc(F)cc1)c1ccc(F)cc1)O[SiH](c1ccc(F)cc1)c1ccc(F)cc1. The number of rotatable bonds is 8. The predicted octanol–water partition coefficient (Wildman–Crippen LogP) is 3.31. The molecule has 0 radical (unpaired) electrons. The van der Waals surface area contributed by atoms with Crippen LogP contribution in [0.4, 0.5) is 17.6 Å². The summed E-state index contributed by atoms with van der Waals surface area (Å²) in [6.07, 6.45) is 0. The van der Waals surface area contributed by atoms with Gasteiger partial charge < -0.3 is 0 Å². The molecule has 0 spiro atoms. The van der Waals surface area contributed by atoms with E-state index in [9.17, 15) is 22.1 Å². The maximum Gasteiger partial charge on any atom is 0.674 e. The standard InChI is InChI=1S/C24H18F4O3PSi2/c25-17-1-9-21(10-2-17)33(22-11-3-18(26)4-12-22)30-32(29)31-34(23-13-5-19(27)6-14-23)24-15-7-20(28)8-16-24/h1-16,33-34H/q+1. The Morgan fingerprint density at radius 3 is 0.853 bits per heavy atom.